The normalized spacial score (nSPS) is 13.8. The summed E-state index contributed by atoms with van der Waals surface area (Å²) in [5.41, 5.74) is 16.6. The van der Waals surface area contributed by atoms with Gasteiger partial charge in [0.2, 0.25) is 0 Å². The highest BCUT2D eigenvalue weighted by molar-refractivity contribution is 6.13. The summed E-state index contributed by atoms with van der Waals surface area (Å²) in [6.45, 7) is 0. The molecule has 3 heteroatoms. The zero-order valence-electron chi connectivity index (χ0n) is 35.1. The predicted octanol–water partition coefficient (Wildman–Crippen LogP) is 15.9. The monoisotopic (exact) mass is 818 g/mol. The molecule has 0 saturated heterocycles. The average molecular weight is 819 g/mol. The van der Waals surface area contributed by atoms with Crippen LogP contribution < -0.4 is 0 Å². The Hall–Kier alpha value is -8.27. The SMILES string of the molecule is O=C(C1=CCC(n2c3ccc(-c4ccccc4)cc3c3cc(-c4ccccc4)ccc32)C=C1)c1ccc(-n2c3ccc(-c4ccccc4)cc3c3cc(-c4ccccc4)ccc32)cc1. The van der Waals surface area contributed by atoms with Crippen LogP contribution in [0.25, 0.3) is 93.8 Å². The van der Waals surface area contributed by atoms with Crippen LogP contribution >= 0.6 is 0 Å². The minimum Gasteiger partial charge on any atom is -0.333 e. The van der Waals surface area contributed by atoms with Gasteiger partial charge in [-0.05, 0) is 124 Å². The maximum absolute atomic E-state index is 14.2. The van der Waals surface area contributed by atoms with E-state index in [1.54, 1.807) is 0 Å². The zero-order chi connectivity index (χ0) is 42.6. The lowest BCUT2D eigenvalue weighted by molar-refractivity contribution is 0.103. The topological polar surface area (TPSA) is 26.9 Å². The van der Waals surface area contributed by atoms with Gasteiger partial charge in [0, 0.05) is 49.4 Å². The van der Waals surface area contributed by atoms with Crippen molar-refractivity contribution in [2.75, 3.05) is 0 Å². The second kappa shape index (κ2) is 15.6. The molecule has 9 aromatic carbocycles. The molecule has 1 aliphatic carbocycles. The molecule has 0 spiro atoms. The molecule has 0 amide bonds. The van der Waals surface area contributed by atoms with E-state index in [1.165, 1.54) is 77.1 Å². The maximum Gasteiger partial charge on any atom is 0.192 e. The van der Waals surface area contributed by atoms with Gasteiger partial charge in [-0.25, -0.2) is 0 Å². The number of carbonyl (C=O) groups excluding carboxylic acids is 1. The number of aromatic nitrogens is 2. The third-order valence-corrected chi connectivity index (χ3v) is 13.1. The number of benzene rings is 9. The third kappa shape index (κ3) is 6.49. The summed E-state index contributed by atoms with van der Waals surface area (Å²) in [7, 11) is 0. The summed E-state index contributed by atoms with van der Waals surface area (Å²) in [5.74, 6) is 0.0331. The number of carbonyl (C=O) groups is 1. The highest BCUT2D eigenvalue weighted by atomic mass is 16.1. The molecule has 0 fully saturated rings. The van der Waals surface area contributed by atoms with E-state index in [2.05, 4.69) is 228 Å². The number of hydrogen-bond acceptors (Lipinski definition) is 1. The van der Waals surface area contributed by atoms with Crippen LogP contribution in [0.2, 0.25) is 0 Å². The summed E-state index contributed by atoms with van der Waals surface area (Å²) < 4.78 is 4.78. The predicted molar refractivity (Wildman–Crippen MR) is 267 cm³/mol. The second-order valence-corrected chi connectivity index (χ2v) is 16.8. The quantitative estimate of drug-likeness (QED) is 0.140. The number of ketones is 1. The van der Waals surface area contributed by atoms with Gasteiger partial charge in [0.25, 0.3) is 0 Å². The molecule has 0 saturated carbocycles. The lowest BCUT2D eigenvalue weighted by Crippen LogP contribution is -2.11. The van der Waals surface area contributed by atoms with Crippen LogP contribution in [0.3, 0.4) is 0 Å². The summed E-state index contributed by atoms with van der Waals surface area (Å²) in [6, 6.07) is 77.7. The Morgan fingerprint density at radius 2 is 0.766 bits per heavy atom. The summed E-state index contributed by atoms with van der Waals surface area (Å²) >= 11 is 0. The minimum absolute atomic E-state index is 0.0331. The van der Waals surface area contributed by atoms with Crippen molar-refractivity contribution in [1.29, 1.82) is 0 Å². The Balaban J connectivity index is 0.870. The van der Waals surface area contributed by atoms with Gasteiger partial charge in [-0.1, -0.05) is 164 Å². The molecular weight excluding hydrogens is 777 g/mol. The summed E-state index contributed by atoms with van der Waals surface area (Å²) in [5, 5.41) is 4.84. The van der Waals surface area contributed by atoms with Gasteiger partial charge in [0.05, 0.1) is 17.1 Å². The Morgan fingerprint density at radius 3 is 1.14 bits per heavy atom. The lowest BCUT2D eigenvalue weighted by Gasteiger charge is -2.20. The van der Waals surface area contributed by atoms with E-state index in [0.717, 1.165) is 22.3 Å². The van der Waals surface area contributed by atoms with E-state index >= 15 is 0 Å². The van der Waals surface area contributed by atoms with Gasteiger partial charge in [0.15, 0.2) is 5.78 Å². The van der Waals surface area contributed by atoms with Crippen molar-refractivity contribution in [1.82, 2.24) is 9.13 Å². The van der Waals surface area contributed by atoms with Crippen LogP contribution in [0.1, 0.15) is 22.8 Å². The van der Waals surface area contributed by atoms with Crippen molar-refractivity contribution in [3.63, 3.8) is 0 Å². The Morgan fingerprint density at radius 1 is 0.391 bits per heavy atom. The number of Topliss-reactive ketones (excluding diaryl/α,β-unsaturated/α-hetero) is 1. The second-order valence-electron chi connectivity index (χ2n) is 16.8. The van der Waals surface area contributed by atoms with Crippen LogP contribution in [0.4, 0.5) is 0 Å². The van der Waals surface area contributed by atoms with Gasteiger partial charge < -0.3 is 9.13 Å². The fraction of sp³-hybridized carbons (Fsp3) is 0.0328. The molecule has 302 valence electrons. The van der Waals surface area contributed by atoms with Crippen molar-refractivity contribution in [2.24, 2.45) is 0 Å². The van der Waals surface area contributed by atoms with Gasteiger partial charge in [-0.15, -0.1) is 0 Å². The smallest absolute Gasteiger partial charge is 0.192 e. The molecule has 0 radical (unpaired) electrons. The number of hydrogen-bond donors (Lipinski definition) is 0. The van der Waals surface area contributed by atoms with Crippen molar-refractivity contribution in [3.8, 4) is 50.2 Å². The standard InChI is InChI=1S/C61H42N2O/c64-61(45-21-29-51(30-22-45)62-57-33-25-47(41-13-5-1-6-14-41)37-53(57)54-38-48(26-34-58(54)62)42-15-7-2-8-16-42)46-23-31-52(32-24-46)63-59-35-27-49(43-17-9-3-10-18-43)39-55(59)56-40-50(28-36-60(56)63)44-19-11-4-12-20-44/h1-31,33-40,52H,32H2. The number of rotatable bonds is 8. The molecule has 0 aliphatic heterocycles. The molecular formula is C61H42N2O. The van der Waals surface area contributed by atoms with Gasteiger partial charge in [0.1, 0.15) is 0 Å². The molecule has 3 nitrogen and oxygen atoms in total. The summed E-state index contributed by atoms with van der Waals surface area (Å²) in [4.78, 5) is 14.2. The van der Waals surface area contributed by atoms with E-state index in [1.807, 2.05) is 18.2 Å². The Bertz CT molecular complexity index is 3420. The number of fused-ring (bicyclic) bond motifs is 6. The fourth-order valence-corrected chi connectivity index (χ4v) is 9.85. The molecule has 1 unspecified atom stereocenters. The fourth-order valence-electron chi connectivity index (χ4n) is 9.85. The first kappa shape index (κ1) is 37.5. The van der Waals surface area contributed by atoms with Gasteiger partial charge >= 0.3 is 0 Å². The van der Waals surface area contributed by atoms with Gasteiger partial charge in [-0.3, -0.25) is 4.79 Å². The van der Waals surface area contributed by atoms with Gasteiger partial charge in [-0.2, -0.15) is 0 Å². The van der Waals surface area contributed by atoms with Crippen molar-refractivity contribution in [2.45, 2.75) is 12.5 Å². The average Bonchev–Trinajstić information content (AvgIpc) is 3.88. The zero-order valence-corrected chi connectivity index (χ0v) is 35.1. The van der Waals surface area contributed by atoms with Crippen molar-refractivity contribution in [3.05, 3.63) is 248 Å². The van der Waals surface area contributed by atoms with Crippen LogP contribution in [0.5, 0.6) is 0 Å². The first-order chi connectivity index (χ1) is 31.6. The number of allylic oxidation sites excluding steroid dienone is 4. The molecule has 2 aromatic heterocycles. The molecule has 0 N–H and O–H groups in total. The van der Waals surface area contributed by atoms with E-state index in [9.17, 15) is 4.79 Å². The molecule has 1 atom stereocenters. The highest BCUT2D eigenvalue weighted by Crippen LogP contribution is 2.40. The number of nitrogens with zero attached hydrogens (tertiary/aromatic N) is 2. The van der Waals surface area contributed by atoms with E-state index < -0.39 is 0 Å². The van der Waals surface area contributed by atoms with E-state index in [0.29, 0.717) is 12.0 Å². The molecule has 12 rings (SSSR count). The molecule has 2 heterocycles. The maximum atomic E-state index is 14.2. The molecule has 64 heavy (non-hydrogen) atoms. The van der Waals surface area contributed by atoms with Crippen molar-refractivity contribution >= 4 is 49.4 Å². The third-order valence-electron chi connectivity index (χ3n) is 13.1. The minimum atomic E-state index is 0.0331. The van der Waals surface area contributed by atoms with Crippen LogP contribution in [0.15, 0.2) is 242 Å². The lowest BCUT2D eigenvalue weighted by atomic mass is 9.95. The van der Waals surface area contributed by atoms with Crippen LogP contribution in [-0.2, 0) is 0 Å². The highest BCUT2D eigenvalue weighted by Gasteiger charge is 2.22. The first-order valence-corrected chi connectivity index (χ1v) is 22.1. The molecule has 1 aliphatic rings. The van der Waals surface area contributed by atoms with E-state index in [-0.39, 0.29) is 11.8 Å². The largest absolute Gasteiger partial charge is 0.333 e. The van der Waals surface area contributed by atoms with Crippen molar-refractivity contribution < 1.29 is 4.79 Å². The molecule has 0 bridgehead atoms. The van der Waals surface area contributed by atoms with Crippen LogP contribution in [-0.4, -0.2) is 14.9 Å². The first-order valence-electron chi connectivity index (χ1n) is 22.1. The van der Waals surface area contributed by atoms with E-state index in [4.69, 9.17) is 0 Å². The van der Waals surface area contributed by atoms with Crippen LogP contribution in [0, 0.1) is 0 Å². The summed E-state index contributed by atoms with van der Waals surface area (Å²) in [6.07, 6.45) is 7.08. The Labute approximate surface area is 372 Å². The molecule has 11 aromatic rings. The Kier molecular flexibility index (Phi) is 9.12.